The Balaban J connectivity index is 1.34. The van der Waals surface area contributed by atoms with E-state index in [0.717, 1.165) is 42.3 Å². The molecule has 1 aromatic heterocycles. The van der Waals surface area contributed by atoms with Crippen molar-refractivity contribution in [2.45, 2.75) is 71.2 Å². The molecule has 3 aromatic carbocycles. The normalized spacial score (nSPS) is 14.0. The first-order valence-corrected chi connectivity index (χ1v) is 16.2. The number of rotatable bonds is 10. The number of fused-ring (bicyclic) bond motifs is 1. The van der Waals surface area contributed by atoms with Crippen molar-refractivity contribution < 1.29 is 13.2 Å². The molecule has 0 saturated heterocycles. The lowest BCUT2D eigenvalue weighted by molar-refractivity contribution is 0.354. The number of hydrogen-bond donors (Lipinski definition) is 0. The number of aryl methyl sites for hydroxylation is 1. The smallest absolute Gasteiger partial charge is 0.274 e. The van der Waals surface area contributed by atoms with Crippen LogP contribution >= 0.6 is 0 Å². The van der Waals surface area contributed by atoms with Crippen molar-refractivity contribution in [1.29, 1.82) is 0 Å². The minimum absolute atomic E-state index is 0.0846. The summed E-state index contributed by atoms with van der Waals surface area (Å²) in [6.07, 6.45) is 7.98. The highest BCUT2D eigenvalue weighted by Crippen LogP contribution is 2.41. The van der Waals surface area contributed by atoms with E-state index in [1.54, 1.807) is 30.3 Å². The third-order valence-electron chi connectivity index (χ3n) is 8.59. The van der Waals surface area contributed by atoms with Crippen LogP contribution in [-0.4, -0.2) is 18.2 Å². The molecule has 0 fully saturated rings. The van der Waals surface area contributed by atoms with Crippen LogP contribution in [0.15, 0.2) is 105 Å². The average Bonchev–Trinajstić information content (AvgIpc) is 3.03. The fraction of sp³-hybridized carbons (Fsp3) is 0.314. The fourth-order valence-corrected chi connectivity index (χ4v) is 6.93. The minimum Gasteiger partial charge on any atom is -0.457 e. The Morgan fingerprint density at radius 3 is 2.02 bits per heavy atom. The quantitative estimate of drug-likeness (QED) is 0.187. The summed E-state index contributed by atoms with van der Waals surface area (Å²) in [6.45, 7) is 9.20. The van der Waals surface area contributed by atoms with E-state index < -0.39 is 9.84 Å². The number of ether oxygens (including phenoxy) is 1. The van der Waals surface area contributed by atoms with Crippen LogP contribution in [0.4, 0.5) is 0 Å². The van der Waals surface area contributed by atoms with Gasteiger partial charge < -0.3 is 4.74 Å². The highest BCUT2D eigenvalue weighted by molar-refractivity contribution is 7.95. The van der Waals surface area contributed by atoms with Crippen LogP contribution in [0.3, 0.4) is 0 Å². The van der Waals surface area contributed by atoms with Crippen LogP contribution < -0.4 is 10.3 Å². The van der Waals surface area contributed by atoms with Crippen molar-refractivity contribution in [3.63, 3.8) is 0 Å². The van der Waals surface area contributed by atoms with E-state index in [0.29, 0.717) is 34.8 Å². The molecule has 0 atom stereocenters. The molecule has 0 N–H and O–H groups in total. The van der Waals surface area contributed by atoms with Crippen LogP contribution in [0.1, 0.15) is 59.8 Å². The molecule has 0 saturated carbocycles. The number of hydrogen-bond acceptors (Lipinski definition) is 5. The SMILES string of the molecule is CCCn1nc(-c2ccc(Oc3ccc(S(=O)(=O)C4=CC=C(C(C)(CC)CC)CC4)cc3)cc2)c2ccccc2c1=O. The monoisotopic (exact) mass is 582 g/mol. The lowest BCUT2D eigenvalue weighted by atomic mass is 9.74. The van der Waals surface area contributed by atoms with Crippen molar-refractivity contribution in [2.24, 2.45) is 5.41 Å². The molecule has 0 radical (unpaired) electrons. The summed E-state index contributed by atoms with van der Waals surface area (Å²) in [5, 5.41) is 6.12. The Labute approximate surface area is 248 Å². The summed E-state index contributed by atoms with van der Waals surface area (Å²) in [6, 6.07) is 21.7. The molecule has 4 aromatic rings. The highest BCUT2D eigenvalue weighted by Gasteiger charge is 2.29. The Hall–Kier alpha value is -3.97. The maximum absolute atomic E-state index is 13.3. The molecule has 1 aliphatic carbocycles. The van der Waals surface area contributed by atoms with Gasteiger partial charge in [-0.15, -0.1) is 0 Å². The summed E-state index contributed by atoms with van der Waals surface area (Å²) in [4.78, 5) is 13.6. The lowest BCUT2D eigenvalue weighted by Crippen LogP contribution is -2.23. The van der Waals surface area contributed by atoms with Crippen LogP contribution in [0, 0.1) is 5.41 Å². The molecule has 42 heavy (non-hydrogen) atoms. The van der Waals surface area contributed by atoms with E-state index in [1.165, 1.54) is 10.3 Å². The van der Waals surface area contributed by atoms with Crippen LogP contribution in [0.2, 0.25) is 0 Å². The van der Waals surface area contributed by atoms with Crippen molar-refractivity contribution in [3.05, 3.63) is 106 Å². The third kappa shape index (κ3) is 5.71. The largest absolute Gasteiger partial charge is 0.457 e. The van der Waals surface area contributed by atoms with Gasteiger partial charge in [-0.05, 0) is 98.2 Å². The molecule has 6 nitrogen and oxygen atoms in total. The Bertz CT molecular complexity index is 1810. The molecule has 218 valence electrons. The predicted molar refractivity (Wildman–Crippen MR) is 170 cm³/mol. The molecule has 0 bridgehead atoms. The maximum Gasteiger partial charge on any atom is 0.274 e. The van der Waals surface area contributed by atoms with Crippen molar-refractivity contribution in [3.8, 4) is 22.8 Å². The van der Waals surface area contributed by atoms with E-state index in [9.17, 15) is 13.2 Å². The zero-order valence-electron chi connectivity index (χ0n) is 24.8. The summed E-state index contributed by atoms with van der Waals surface area (Å²) in [7, 11) is -3.57. The summed E-state index contributed by atoms with van der Waals surface area (Å²) >= 11 is 0. The molecule has 0 spiro atoms. The van der Waals surface area contributed by atoms with E-state index >= 15 is 0 Å². The molecule has 0 unspecified atom stereocenters. The first-order valence-electron chi connectivity index (χ1n) is 14.7. The molecular formula is C35H38N2O4S. The van der Waals surface area contributed by atoms with E-state index in [1.807, 2.05) is 61.5 Å². The molecule has 1 aliphatic rings. The van der Waals surface area contributed by atoms with Gasteiger partial charge in [-0.3, -0.25) is 4.79 Å². The Morgan fingerprint density at radius 1 is 0.833 bits per heavy atom. The standard InChI is InChI=1S/C35H38N2O4S/c1-5-24-37-34(38)32-11-9-8-10-31(32)33(36-37)25-12-16-27(17-13-25)41-28-18-22-30(23-19-28)42(39,40)29-20-14-26(15-21-29)35(4,6-2)7-3/h8-14,16-20,22-23H,5-7,15,21,24H2,1-4H3. The molecule has 0 aliphatic heterocycles. The second-order valence-corrected chi connectivity index (χ2v) is 13.1. The van der Waals surface area contributed by atoms with Gasteiger partial charge in [0.15, 0.2) is 0 Å². The van der Waals surface area contributed by atoms with Crippen LogP contribution in [-0.2, 0) is 16.4 Å². The Kier molecular flexibility index (Phi) is 8.50. The number of sulfone groups is 1. The van der Waals surface area contributed by atoms with Crippen LogP contribution in [0.25, 0.3) is 22.0 Å². The number of allylic oxidation sites excluding steroid dienone is 4. The molecule has 7 heteroatoms. The van der Waals surface area contributed by atoms with Gasteiger partial charge in [-0.1, -0.05) is 57.5 Å². The van der Waals surface area contributed by atoms with Gasteiger partial charge in [0.05, 0.1) is 16.0 Å². The number of aromatic nitrogens is 2. The molecule has 5 rings (SSSR count). The van der Waals surface area contributed by atoms with Gasteiger partial charge in [-0.2, -0.15) is 5.10 Å². The summed E-state index contributed by atoms with van der Waals surface area (Å²) in [5.41, 5.74) is 2.98. The Morgan fingerprint density at radius 2 is 1.45 bits per heavy atom. The van der Waals surface area contributed by atoms with Crippen LogP contribution in [0.5, 0.6) is 11.5 Å². The first kappa shape index (κ1) is 29.5. The second kappa shape index (κ2) is 12.1. The van der Waals surface area contributed by atoms with Gasteiger partial charge in [0.2, 0.25) is 9.84 Å². The highest BCUT2D eigenvalue weighted by atomic mass is 32.2. The van der Waals surface area contributed by atoms with E-state index in [4.69, 9.17) is 4.74 Å². The van der Waals surface area contributed by atoms with Gasteiger partial charge in [0.1, 0.15) is 11.5 Å². The van der Waals surface area contributed by atoms with E-state index in [2.05, 4.69) is 25.9 Å². The second-order valence-electron chi connectivity index (χ2n) is 11.1. The van der Waals surface area contributed by atoms with E-state index in [-0.39, 0.29) is 15.9 Å². The number of benzene rings is 3. The number of nitrogens with zero attached hydrogens (tertiary/aromatic N) is 2. The van der Waals surface area contributed by atoms with Gasteiger partial charge in [0, 0.05) is 22.4 Å². The zero-order chi connectivity index (χ0) is 29.9. The van der Waals surface area contributed by atoms with Crippen molar-refractivity contribution >= 4 is 20.6 Å². The maximum atomic E-state index is 13.3. The minimum atomic E-state index is -3.57. The van der Waals surface area contributed by atoms with Gasteiger partial charge >= 0.3 is 0 Å². The molecular weight excluding hydrogens is 544 g/mol. The van der Waals surface area contributed by atoms with Crippen molar-refractivity contribution in [2.75, 3.05) is 0 Å². The summed E-state index contributed by atoms with van der Waals surface area (Å²) < 4.78 is 34.2. The molecule has 0 amide bonds. The fourth-order valence-electron chi connectivity index (χ4n) is 5.52. The zero-order valence-corrected chi connectivity index (χ0v) is 25.6. The average molecular weight is 583 g/mol. The first-order chi connectivity index (χ1) is 20.2. The molecule has 1 heterocycles. The predicted octanol–water partition coefficient (Wildman–Crippen LogP) is 8.47. The third-order valence-corrected chi connectivity index (χ3v) is 10.5. The summed E-state index contributed by atoms with van der Waals surface area (Å²) in [5.74, 6) is 1.16. The van der Waals surface area contributed by atoms with Gasteiger partial charge in [-0.25, -0.2) is 13.1 Å². The topological polar surface area (TPSA) is 78.3 Å². The van der Waals surface area contributed by atoms with Gasteiger partial charge in [0.25, 0.3) is 5.56 Å². The lowest BCUT2D eigenvalue weighted by Gasteiger charge is -2.32. The van der Waals surface area contributed by atoms with Crippen molar-refractivity contribution in [1.82, 2.24) is 9.78 Å².